The van der Waals surface area contributed by atoms with Gasteiger partial charge in [0.05, 0.1) is 13.2 Å². The zero-order valence-corrected chi connectivity index (χ0v) is 13.9. The first-order valence-corrected chi connectivity index (χ1v) is 7.93. The van der Waals surface area contributed by atoms with Gasteiger partial charge in [0.1, 0.15) is 0 Å². The van der Waals surface area contributed by atoms with E-state index >= 15 is 0 Å². The fourth-order valence-corrected chi connectivity index (χ4v) is 1.98. The van der Waals surface area contributed by atoms with Crippen molar-refractivity contribution in [3.05, 3.63) is 47.1 Å². The molecule has 0 radical (unpaired) electrons. The number of aliphatic hydroxyl groups is 2. The molecule has 0 aromatic carbocycles. The largest absolute Gasteiger partial charge is 0.392 e. The topological polar surface area (TPSA) is 40.5 Å². The first-order valence-electron chi connectivity index (χ1n) is 7.93. The van der Waals surface area contributed by atoms with Gasteiger partial charge >= 0.3 is 0 Å². The third-order valence-electron chi connectivity index (χ3n) is 3.41. The molecule has 0 aromatic heterocycles. The molecular formula is C19H32O2. The zero-order chi connectivity index (χ0) is 15.9. The number of hydrogen-bond acceptors (Lipinski definition) is 2. The summed E-state index contributed by atoms with van der Waals surface area (Å²) in [6, 6.07) is 0. The molecule has 0 unspecified atom stereocenters. The number of unbranched alkanes of at least 4 members (excludes halogenated alkanes) is 1. The van der Waals surface area contributed by atoms with E-state index in [1.165, 1.54) is 11.1 Å². The van der Waals surface area contributed by atoms with E-state index < -0.39 is 0 Å². The Morgan fingerprint density at radius 2 is 1.19 bits per heavy atom. The van der Waals surface area contributed by atoms with E-state index in [1.807, 2.05) is 13.0 Å². The molecule has 0 saturated heterocycles. The summed E-state index contributed by atoms with van der Waals surface area (Å²) < 4.78 is 0. The van der Waals surface area contributed by atoms with Gasteiger partial charge in [-0.1, -0.05) is 47.1 Å². The molecule has 120 valence electrons. The predicted molar refractivity (Wildman–Crippen MR) is 92.3 cm³/mol. The number of aliphatic hydroxyl groups excluding tert-OH is 2. The van der Waals surface area contributed by atoms with Crippen LogP contribution in [0.5, 0.6) is 0 Å². The summed E-state index contributed by atoms with van der Waals surface area (Å²) in [6.07, 6.45) is 16.9. The summed E-state index contributed by atoms with van der Waals surface area (Å²) in [6.45, 7) is 6.64. The van der Waals surface area contributed by atoms with Crippen molar-refractivity contribution in [2.75, 3.05) is 13.2 Å². The van der Waals surface area contributed by atoms with Gasteiger partial charge in [0.15, 0.2) is 0 Å². The molecule has 0 amide bonds. The van der Waals surface area contributed by atoms with Crippen LogP contribution in [0.2, 0.25) is 0 Å². The van der Waals surface area contributed by atoms with E-state index in [0.29, 0.717) is 0 Å². The van der Waals surface area contributed by atoms with E-state index in [4.69, 9.17) is 10.2 Å². The van der Waals surface area contributed by atoms with Gasteiger partial charge in [0.25, 0.3) is 0 Å². The minimum absolute atomic E-state index is 0.139. The highest BCUT2D eigenvalue weighted by molar-refractivity contribution is 5.06. The standard InChI is InChI=1S/C19H32O2/c1-17(10-6-4-5-7-15-20)11-8-12-18(2)13-9-14-19(3)16-21/h5,7,10,12,14,20-21H,4,6,8-9,11,13,15-16H2,1-3H3/b7-5+,17-10-,18-12-,19-14+. The minimum Gasteiger partial charge on any atom is -0.392 e. The van der Waals surface area contributed by atoms with Crippen LogP contribution < -0.4 is 0 Å². The number of allylic oxidation sites excluding steroid dienone is 6. The number of hydrogen-bond donors (Lipinski definition) is 2. The second kappa shape index (κ2) is 13.8. The zero-order valence-electron chi connectivity index (χ0n) is 13.9. The molecule has 0 bridgehead atoms. The summed E-state index contributed by atoms with van der Waals surface area (Å²) >= 11 is 0. The monoisotopic (exact) mass is 292 g/mol. The molecule has 0 aliphatic heterocycles. The quantitative estimate of drug-likeness (QED) is 0.428. The Morgan fingerprint density at radius 1 is 0.667 bits per heavy atom. The maximum atomic E-state index is 8.92. The van der Waals surface area contributed by atoms with Crippen LogP contribution in [0.4, 0.5) is 0 Å². The van der Waals surface area contributed by atoms with Gasteiger partial charge in [0, 0.05) is 0 Å². The summed E-state index contributed by atoms with van der Waals surface area (Å²) in [7, 11) is 0. The van der Waals surface area contributed by atoms with E-state index in [-0.39, 0.29) is 13.2 Å². The van der Waals surface area contributed by atoms with Crippen molar-refractivity contribution >= 4 is 0 Å². The van der Waals surface area contributed by atoms with Gasteiger partial charge in [-0.2, -0.15) is 0 Å². The molecule has 2 heteroatoms. The van der Waals surface area contributed by atoms with Crippen LogP contribution in [-0.4, -0.2) is 23.4 Å². The molecule has 0 atom stereocenters. The van der Waals surface area contributed by atoms with Crippen molar-refractivity contribution in [3.8, 4) is 0 Å². The van der Waals surface area contributed by atoms with Gasteiger partial charge in [-0.3, -0.25) is 0 Å². The van der Waals surface area contributed by atoms with Gasteiger partial charge < -0.3 is 10.2 Å². The molecule has 2 N–H and O–H groups in total. The molecule has 0 fully saturated rings. The van der Waals surface area contributed by atoms with Crippen LogP contribution >= 0.6 is 0 Å². The van der Waals surface area contributed by atoms with E-state index in [2.05, 4.69) is 32.1 Å². The van der Waals surface area contributed by atoms with Crippen molar-refractivity contribution < 1.29 is 10.2 Å². The first kappa shape index (κ1) is 19.9. The molecule has 21 heavy (non-hydrogen) atoms. The highest BCUT2D eigenvalue weighted by Gasteiger charge is 1.92. The normalized spacial score (nSPS) is 14.2. The molecule has 0 spiro atoms. The lowest BCUT2D eigenvalue weighted by Crippen LogP contribution is -1.84. The summed E-state index contributed by atoms with van der Waals surface area (Å²) in [5.74, 6) is 0. The molecule has 0 aromatic rings. The first-order chi connectivity index (χ1) is 10.1. The highest BCUT2D eigenvalue weighted by Crippen LogP contribution is 2.12. The van der Waals surface area contributed by atoms with Crippen LogP contribution in [0.25, 0.3) is 0 Å². The Balaban J connectivity index is 3.86. The Kier molecular flexibility index (Phi) is 13.1. The smallest absolute Gasteiger partial charge is 0.0639 e. The fraction of sp³-hybridized carbons (Fsp3) is 0.579. The predicted octanol–water partition coefficient (Wildman–Crippen LogP) is 4.71. The fourth-order valence-electron chi connectivity index (χ4n) is 1.98. The van der Waals surface area contributed by atoms with Crippen LogP contribution in [0, 0.1) is 0 Å². The van der Waals surface area contributed by atoms with Crippen LogP contribution in [-0.2, 0) is 0 Å². The Morgan fingerprint density at radius 3 is 1.71 bits per heavy atom. The molecule has 0 aliphatic rings. The lowest BCUT2D eigenvalue weighted by Gasteiger charge is -2.01. The van der Waals surface area contributed by atoms with Crippen molar-refractivity contribution in [3.63, 3.8) is 0 Å². The average Bonchev–Trinajstić information content (AvgIpc) is 2.46. The molecule has 0 aliphatic carbocycles. The Hall–Kier alpha value is -1.12. The molecule has 0 saturated carbocycles. The maximum absolute atomic E-state index is 8.92. The van der Waals surface area contributed by atoms with Gasteiger partial charge in [-0.15, -0.1) is 0 Å². The molecule has 2 nitrogen and oxygen atoms in total. The minimum atomic E-state index is 0.139. The van der Waals surface area contributed by atoms with Crippen molar-refractivity contribution in [2.24, 2.45) is 0 Å². The lowest BCUT2D eigenvalue weighted by atomic mass is 10.1. The van der Waals surface area contributed by atoms with Gasteiger partial charge in [0.2, 0.25) is 0 Å². The maximum Gasteiger partial charge on any atom is 0.0639 e. The molecular weight excluding hydrogens is 260 g/mol. The third-order valence-corrected chi connectivity index (χ3v) is 3.41. The van der Waals surface area contributed by atoms with Crippen molar-refractivity contribution in [2.45, 2.75) is 59.3 Å². The highest BCUT2D eigenvalue weighted by atomic mass is 16.3. The second-order valence-electron chi connectivity index (χ2n) is 5.62. The van der Waals surface area contributed by atoms with Crippen molar-refractivity contribution in [1.82, 2.24) is 0 Å². The SMILES string of the molecule is C/C(=C/CC/C=C/CO)CC/C=C(/C)CC/C=C(\C)CO. The molecule has 0 heterocycles. The van der Waals surface area contributed by atoms with Crippen LogP contribution in [0.15, 0.2) is 47.1 Å². The van der Waals surface area contributed by atoms with Gasteiger partial charge in [-0.25, -0.2) is 0 Å². The summed E-state index contributed by atoms with van der Waals surface area (Å²) in [5, 5.41) is 17.5. The third kappa shape index (κ3) is 13.6. The Bertz CT molecular complexity index is 373. The summed E-state index contributed by atoms with van der Waals surface area (Å²) in [4.78, 5) is 0. The van der Waals surface area contributed by atoms with E-state index in [9.17, 15) is 0 Å². The summed E-state index contributed by atoms with van der Waals surface area (Å²) in [5.41, 5.74) is 3.92. The van der Waals surface area contributed by atoms with Crippen LogP contribution in [0.1, 0.15) is 59.3 Å². The lowest BCUT2D eigenvalue weighted by molar-refractivity contribution is 0.331. The van der Waals surface area contributed by atoms with Gasteiger partial charge in [-0.05, 0) is 59.3 Å². The van der Waals surface area contributed by atoms with Crippen LogP contribution in [0.3, 0.4) is 0 Å². The Labute approximate surface area is 130 Å². The average molecular weight is 292 g/mol. The second-order valence-corrected chi connectivity index (χ2v) is 5.62. The number of rotatable bonds is 11. The van der Waals surface area contributed by atoms with E-state index in [1.54, 1.807) is 6.08 Å². The molecule has 0 rings (SSSR count). The van der Waals surface area contributed by atoms with E-state index in [0.717, 1.165) is 44.1 Å². The van der Waals surface area contributed by atoms with Crippen molar-refractivity contribution in [1.29, 1.82) is 0 Å².